The van der Waals surface area contributed by atoms with Gasteiger partial charge in [0.05, 0.1) is 6.07 Å². The lowest BCUT2D eigenvalue weighted by Gasteiger charge is -2.31. The van der Waals surface area contributed by atoms with Crippen LogP contribution in [0.15, 0.2) is 0 Å². The highest BCUT2D eigenvalue weighted by Crippen LogP contribution is 2.30. The van der Waals surface area contributed by atoms with Gasteiger partial charge in [0.2, 0.25) is 0 Å². The number of nitrogens with zero attached hydrogens (tertiary/aromatic N) is 2. The molecule has 0 unspecified atom stereocenters. The molecule has 1 aliphatic rings. The number of amides is 1. The zero-order chi connectivity index (χ0) is 13.4. The lowest BCUT2D eigenvalue weighted by molar-refractivity contribution is -0.125. The molecule has 1 saturated heterocycles. The molecule has 5 nitrogen and oxygen atoms in total. The molecular weight excluding hydrogens is 220 g/mol. The normalized spacial score (nSPS) is 23.4. The highest BCUT2D eigenvalue weighted by atomic mass is 16.6. The van der Waals surface area contributed by atoms with Crippen molar-refractivity contribution in [3.63, 3.8) is 0 Å². The van der Waals surface area contributed by atoms with Gasteiger partial charge in [0.25, 0.3) is 0 Å². The van der Waals surface area contributed by atoms with Crippen molar-refractivity contribution in [2.24, 2.45) is 5.92 Å². The van der Waals surface area contributed by atoms with Crippen molar-refractivity contribution in [1.29, 1.82) is 5.26 Å². The summed E-state index contributed by atoms with van der Waals surface area (Å²) < 4.78 is 5.22. The van der Waals surface area contributed by atoms with Gasteiger partial charge in [-0.1, -0.05) is 0 Å². The van der Waals surface area contributed by atoms with E-state index in [9.17, 15) is 9.59 Å². The Morgan fingerprint density at radius 2 is 2.06 bits per heavy atom. The molecule has 0 bridgehead atoms. The van der Waals surface area contributed by atoms with Crippen molar-refractivity contribution in [2.45, 2.75) is 45.8 Å². The molecule has 0 radical (unpaired) electrons. The van der Waals surface area contributed by atoms with Gasteiger partial charge in [0.1, 0.15) is 17.1 Å². The van der Waals surface area contributed by atoms with Crippen molar-refractivity contribution in [3.8, 4) is 6.07 Å². The predicted molar refractivity (Wildman–Crippen MR) is 61.1 cm³/mol. The summed E-state index contributed by atoms with van der Waals surface area (Å²) in [5.41, 5.74) is -1.58. The smallest absolute Gasteiger partial charge is 0.411 e. The number of ether oxygens (including phenoxy) is 1. The van der Waals surface area contributed by atoms with Crippen LogP contribution in [0.1, 0.15) is 34.6 Å². The van der Waals surface area contributed by atoms with E-state index in [1.165, 1.54) is 4.90 Å². The monoisotopic (exact) mass is 238 g/mol. The summed E-state index contributed by atoms with van der Waals surface area (Å²) in [4.78, 5) is 25.1. The first-order valence-corrected chi connectivity index (χ1v) is 5.54. The number of ketones is 1. The third-order valence-electron chi connectivity index (χ3n) is 2.73. The van der Waals surface area contributed by atoms with Gasteiger partial charge in [-0.25, -0.2) is 4.79 Å². The Hall–Kier alpha value is -1.57. The summed E-state index contributed by atoms with van der Waals surface area (Å²) >= 11 is 0. The molecule has 1 fully saturated rings. The number of carbonyl (C=O) groups is 2. The molecule has 5 heteroatoms. The van der Waals surface area contributed by atoms with Crippen LogP contribution in [0, 0.1) is 17.2 Å². The number of hydrogen-bond donors (Lipinski definition) is 0. The summed E-state index contributed by atoms with van der Waals surface area (Å²) in [5, 5.41) is 8.85. The van der Waals surface area contributed by atoms with Gasteiger partial charge in [0, 0.05) is 6.54 Å². The Kier molecular flexibility index (Phi) is 3.19. The van der Waals surface area contributed by atoms with Gasteiger partial charge in [0.15, 0.2) is 5.78 Å². The van der Waals surface area contributed by atoms with Gasteiger partial charge in [-0.15, -0.1) is 0 Å². The van der Waals surface area contributed by atoms with Gasteiger partial charge >= 0.3 is 6.09 Å². The average molecular weight is 238 g/mol. The molecule has 0 aromatic rings. The van der Waals surface area contributed by atoms with Gasteiger partial charge in [-0.2, -0.15) is 5.26 Å². The van der Waals surface area contributed by atoms with Crippen LogP contribution in [0.2, 0.25) is 0 Å². The van der Waals surface area contributed by atoms with Gasteiger partial charge < -0.3 is 4.74 Å². The van der Waals surface area contributed by atoms with E-state index in [4.69, 9.17) is 10.00 Å². The average Bonchev–Trinajstić information content (AvgIpc) is 2.36. The summed E-state index contributed by atoms with van der Waals surface area (Å²) in [7, 11) is 0. The van der Waals surface area contributed by atoms with Crippen LogP contribution in [-0.4, -0.2) is 34.5 Å². The van der Waals surface area contributed by atoms with Crippen LogP contribution in [0.5, 0.6) is 0 Å². The largest absolute Gasteiger partial charge is 0.444 e. The maximum absolute atomic E-state index is 11.9. The number of hydrogen-bond acceptors (Lipinski definition) is 4. The molecule has 1 heterocycles. The van der Waals surface area contributed by atoms with Crippen LogP contribution in [-0.2, 0) is 9.53 Å². The van der Waals surface area contributed by atoms with Crippen LogP contribution in [0.4, 0.5) is 4.79 Å². The fraction of sp³-hybridized carbons (Fsp3) is 0.750. The number of rotatable bonds is 0. The molecule has 0 aromatic carbocycles. The summed E-state index contributed by atoms with van der Waals surface area (Å²) in [6.07, 6.45) is -0.548. The zero-order valence-corrected chi connectivity index (χ0v) is 10.9. The molecule has 1 rings (SSSR count). The Labute approximate surface area is 101 Å². The van der Waals surface area contributed by atoms with Crippen molar-refractivity contribution in [2.75, 3.05) is 6.54 Å². The highest BCUT2D eigenvalue weighted by Gasteiger charge is 2.50. The van der Waals surface area contributed by atoms with E-state index in [1.54, 1.807) is 34.6 Å². The fourth-order valence-electron chi connectivity index (χ4n) is 1.77. The summed E-state index contributed by atoms with van der Waals surface area (Å²) in [6.45, 7) is 8.66. The molecule has 0 spiro atoms. The highest BCUT2D eigenvalue weighted by molar-refractivity contribution is 5.97. The lowest BCUT2D eigenvalue weighted by Crippen LogP contribution is -2.48. The van der Waals surface area contributed by atoms with Crippen molar-refractivity contribution >= 4 is 11.9 Å². The maximum Gasteiger partial charge on any atom is 0.411 e. The zero-order valence-electron chi connectivity index (χ0n) is 10.9. The number of nitriles is 1. The van der Waals surface area contributed by atoms with E-state index in [-0.39, 0.29) is 12.3 Å². The number of likely N-dealkylation sites (tertiary alicyclic amines) is 1. The van der Waals surface area contributed by atoms with E-state index in [1.807, 2.05) is 6.07 Å². The first kappa shape index (κ1) is 13.5. The Morgan fingerprint density at radius 1 is 1.53 bits per heavy atom. The summed E-state index contributed by atoms with van der Waals surface area (Å²) in [6, 6.07) is 1.92. The van der Waals surface area contributed by atoms with Crippen molar-refractivity contribution in [1.82, 2.24) is 4.90 Å². The van der Waals surface area contributed by atoms with Crippen molar-refractivity contribution < 1.29 is 14.3 Å². The lowest BCUT2D eigenvalue weighted by atomic mass is 9.95. The molecule has 17 heavy (non-hydrogen) atoms. The minimum absolute atomic E-state index is 0.108. The standard InChI is InChI=1S/C12H18N2O3/c1-11(2,3)17-10(16)14-7-8(6-13)9(15)12(14,4)5/h8H,7H2,1-5H3/t8-/m1/s1. The maximum atomic E-state index is 11.9. The van der Waals surface area contributed by atoms with Gasteiger partial charge in [-0.3, -0.25) is 9.69 Å². The Bertz CT molecular complexity index is 388. The van der Waals surface area contributed by atoms with E-state index in [0.29, 0.717) is 0 Å². The van der Waals surface area contributed by atoms with Crippen molar-refractivity contribution in [3.05, 3.63) is 0 Å². The Balaban J connectivity index is 2.90. The van der Waals surface area contributed by atoms with Gasteiger partial charge in [-0.05, 0) is 34.6 Å². The first-order chi connectivity index (χ1) is 7.59. The van der Waals surface area contributed by atoms with Crippen LogP contribution < -0.4 is 0 Å². The molecule has 0 aromatic heterocycles. The van der Waals surface area contributed by atoms with E-state index >= 15 is 0 Å². The van der Waals surface area contributed by atoms with Crippen LogP contribution in [0.3, 0.4) is 0 Å². The Morgan fingerprint density at radius 3 is 2.41 bits per heavy atom. The van der Waals surface area contributed by atoms with E-state index in [2.05, 4.69) is 0 Å². The molecule has 0 aliphatic carbocycles. The minimum Gasteiger partial charge on any atom is -0.444 e. The van der Waals surface area contributed by atoms with Crippen LogP contribution >= 0.6 is 0 Å². The molecule has 0 N–H and O–H groups in total. The second-order valence-electron chi connectivity index (χ2n) is 5.70. The predicted octanol–water partition coefficient (Wildman–Crippen LogP) is 1.72. The summed E-state index contributed by atoms with van der Waals surface area (Å²) in [5.74, 6) is -0.983. The number of carbonyl (C=O) groups excluding carboxylic acids is 2. The molecule has 1 amide bonds. The topological polar surface area (TPSA) is 70.4 Å². The van der Waals surface area contributed by atoms with E-state index < -0.39 is 23.2 Å². The second kappa shape index (κ2) is 4.02. The minimum atomic E-state index is -0.970. The molecule has 0 saturated carbocycles. The van der Waals surface area contributed by atoms with E-state index in [0.717, 1.165) is 0 Å². The second-order valence-corrected chi connectivity index (χ2v) is 5.70. The molecule has 1 atom stereocenters. The third-order valence-corrected chi connectivity index (χ3v) is 2.73. The SMILES string of the molecule is CC(C)(C)OC(=O)N1C[C@@H](C#N)C(=O)C1(C)C. The third kappa shape index (κ3) is 2.57. The van der Waals surface area contributed by atoms with Crippen LogP contribution in [0.25, 0.3) is 0 Å². The fourth-order valence-corrected chi connectivity index (χ4v) is 1.77. The molecular formula is C12H18N2O3. The molecule has 1 aliphatic heterocycles. The first-order valence-electron chi connectivity index (χ1n) is 5.54. The quantitative estimate of drug-likeness (QED) is 0.644. The molecule has 94 valence electrons. The number of Topliss-reactive ketones (excluding diaryl/α,β-unsaturated/α-hetero) is 1.